The van der Waals surface area contributed by atoms with E-state index in [1.807, 2.05) is 4.90 Å². The molecule has 1 N–H and O–H groups in total. The van der Waals surface area contributed by atoms with Crippen molar-refractivity contribution >= 4 is 52.0 Å². The highest BCUT2D eigenvalue weighted by atomic mass is 32.1. The lowest BCUT2D eigenvalue weighted by Gasteiger charge is -2.39. The molecule has 41 heavy (non-hydrogen) atoms. The summed E-state index contributed by atoms with van der Waals surface area (Å²) in [6.45, 7) is 3.67. The van der Waals surface area contributed by atoms with Crippen LogP contribution in [0.25, 0.3) is 16.2 Å². The van der Waals surface area contributed by atoms with Crippen LogP contribution in [0.2, 0.25) is 0 Å². The van der Waals surface area contributed by atoms with Gasteiger partial charge in [0, 0.05) is 43.7 Å². The average molecular weight is 576 g/mol. The van der Waals surface area contributed by atoms with Crippen molar-refractivity contribution in [1.82, 2.24) is 23.9 Å². The van der Waals surface area contributed by atoms with Gasteiger partial charge in [0.15, 0.2) is 5.65 Å². The third-order valence-corrected chi connectivity index (χ3v) is 7.71. The molecular formula is C27H25N7O6S. The topological polar surface area (TPSA) is 158 Å². The van der Waals surface area contributed by atoms with Gasteiger partial charge in [-0.05, 0) is 43.5 Å². The fourth-order valence-electron chi connectivity index (χ4n) is 4.58. The minimum atomic E-state index is -1.04. The van der Waals surface area contributed by atoms with E-state index in [0.717, 1.165) is 31.3 Å². The molecule has 0 bridgehead atoms. The van der Waals surface area contributed by atoms with Crippen molar-refractivity contribution in [3.05, 3.63) is 57.8 Å². The van der Waals surface area contributed by atoms with Crippen molar-refractivity contribution in [3.8, 4) is 10.9 Å². The molecule has 6 rings (SSSR count). The first-order chi connectivity index (χ1) is 19.7. The molecule has 14 heteroatoms. The smallest absolute Gasteiger partial charge is 0.351 e. The lowest BCUT2D eigenvalue weighted by molar-refractivity contribution is -0.135. The molecule has 5 heterocycles. The van der Waals surface area contributed by atoms with Crippen LogP contribution in [0.4, 0.5) is 11.6 Å². The van der Waals surface area contributed by atoms with E-state index < -0.39 is 17.4 Å². The van der Waals surface area contributed by atoms with Gasteiger partial charge in [0.25, 0.3) is 0 Å². The second-order valence-corrected chi connectivity index (χ2v) is 10.7. The maximum atomic E-state index is 13.4. The molecule has 13 nitrogen and oxygen atoms in total. The van der Waals surface area contributed by atoms with Crippen molar-refractivity contribution in [2.24, 2.45) is 5.92 Å². The summed E-state index contributed by atoms with van der Waals surface area (Å²) in [5.41, 5.74) is -0.0399. The van der Waals surface area contributed by atoms with Crippen molar-refractivity contribution in [3.63, 3.8) is 0 Å². The van der Waals surface area contributed by atoms with Crippen molar-refractivity contribution in [2.45, 2.75) is 32.6 Å². The molecule has 0 atom stereocenters. The number of pyridine rings is 3. The molecule has 0 unspecified atom stereocenters. The highest BCUT2D eigenvalue weighted by Gasteiger charge is 2.35. The number of amides is 1. The fourth-order valence-corrected chi connectivity index (χ4v) is 5.31. The van der Waals surface area contributed by atoms with Gasteiger partial charge in [-0.3, -0.25) is 19.0 Å². The molecule has 0 spiro atoms. The van der Waals surface area contributed by atoms with E-state index in [1.165, 1.54) is 12.4 Å². The molecule has 2 fully saturated rings. The number of ether oxygens (including phenoxy) is 2. The molecular weight excluding hydrogens is 550 g/mol. The highest BCUT2D eigenvalue weighted by Crippen LogP contribution is 2.39. The number of anilines is 2. The van der Waals surface area contributed by atoms with Crippen molar-refractivity contribution in [1.29, 1.82) is 0 Å². The Morgan fingerprint density at radius 3 is 2.59 bits per heavy atom. The number of hydrogen-bond acceptors (Lipinski definition) is 12. The molecule has 4 aromatic heterocycles. The molecule has 1 saturated heterocycles. The first-order valence-electron chi connectivity index (χ1n) is 12.9. The summed E-state index contributed by atoms with van der Waals surface area (Å²) in [4.78, 5) is 65.8. The van der Waals surface area contributed by atoms with Gasteiger partial charge in [0.2, 0.25) is 16.5 Å². The summed E-state index contributed by atoms with van der Waals surface area (Å²) >= 11 is 1.13. The van der Waals surface area contributed by atoms with Crippen LogP contribution >= 0.6 is 11.5 Å². The van der Waals surface area contributed by atoms with Gasteiger partial charge in [-0.25, -0.2) is 19.7 Å². The molecule has 1 aliphatic carbocycles. The number of nitrogens with one attached hydrogen (secondary N) is 1. The first-order valence-corrected chi connectivity index (χ1v) is 13.7. The van der Waals surface area contributed by atoms with Crippen LogP contribution in [0.15, 0.2) is 35.4 Å². The van der Waals surface area contributed by atoms with Crippen LogP contribution in [-0.4, -0.2) is 61.9 Å². The van der Waals surface area contributed by atoms with Gasteiger partial charge in [-0.1, -0.05) is 0 Å². The van der Waals surface area contributed by atoms with Gasteiger partial charge in [-0.15, -0.1) is 0 Å². The van der Waals surface area contributed by atoms with Crippen LogP contribution in [0.3, 0.4) is 0 Å². The Hall–Kier alpha value is -4.72. The van der Waals surface area contributed by atoms with Crippen LogP contribution in [0.1, 0.15) is 47.4 Å². The van der Waals surface area contributed by atoms with Gasteiger partial charge < -0.3 is 19.7 Å². The first kappa shape index (κ1) is 26.5. The normalized spacial score (nSPS) is 15.0. The second kappa shape index (κ2) is 10.4. The molecule has 0 aromatic carbocycles. The Morgan fingerprint density at radius 2 is 1.93 bits per heavy atom. The fraction of sp³-hybridized carbons (Fsp3) is 0.333. The number of aryl methyl sites for hydroxylation is 1. The Morgan fingerprint density at radius 1 is 1.15 bits per heavy atom. The predicted octanol–water partition coefficient (Wildman–Crippen LogP) is 2.60. The van der Waals surface area contributed by atoms with E-state index in [2.05, 4.69) is 19.7 Å². The van der Waals surface area contributed by atoms with E-state index in [9.17, 15) is 19.2 Å². The third-order valence-electron chi connectivity index (χ3n) is 6.98. The Bertz CT molecular complexity index is 1760. The van der Waals surface area contributed by atoms with Crippen LogP contribution in [-0.2, 0) is 14.3 Å². The zero-order valence-electron chi connectivity index (χ0n) is 22.4. The average Bonchev–Trinajstić information content (AvgIpc) is 3.64. The Labute approximate surface area is 237 Å². The summed E-state index contributed by atoms with van der Waals surface area (Å²) in [5.74, 6) is 0.287. The second-order valence-electron chi connectivity index (χ2n) is 10.0. The van der Waals surface area contributed by atoms with Gasteiger partial charge >= 0.3 is 11.9 Å². The number of nitrogens with zero attached hydrogens (tertiary/aromatic N) is 6. The summed E-state index contributed by atoms with van der Waals surface area (Å²) < 4.78 is 15.8. The number of carbonyl (C=O) groups excluding carboxylic acids is 3. The summed E-state index contributed by atoms with van der Waals surface area (Å²) in [5, 5.41) is 3.45. The summed E-state index contributed by atoms with van der Waals surface area (Å²) in [6.07, 6.45) is 4.85. The molecule has 210 valence electrons. The summed E-state index contributed by atoms with van der Waals surface area (Å²) in [7, 11) is 1.54. The molecule has 1 saturated carbocycles. The number of aromatic nitrogens is 5. The maximum Gasteiger partial charge on any atom is 0.351 e. The predicted molar refractivity (Wildman–Crippen MR) is 149 cm³/mol. The summed E-state index contributed by atoms with van der Waals surface area (Å²) in [6, 6.07) is 5.13. The quantitative estimate of drug-likeness (QED) is 0.255. The van der Waals surface area contributed by atoms with Gasteiger partial charge in [0.1, 0.15) is 28.8 Å². The zero-order valence-corrected chi connectivity index (χ0v) is 23.2. The number of fused-ring (bicyclic) bond motifs is 1. The monoisotopic (exact) mass is 575 g/mol. The minimum Gasteiger partial charge on any atom is -0.495 e. The highest BCUT2D eigenvalue weighted by molar-refractivity contribution is 7.08. The van der Waals surface area contributed by atoms with Crippen molar-refractivity contribution < 1.29 is 23.9 Å². The number of hydrogen-bond donors (Lipinski definition) is 1. The Kier molecular flexibility index (Phi) is 6.69. The van der Waals surface area contributed by atoms with E-state index >= 15 is 0 Å². The molecule has 4 aromatic rings. The van der Waals surface area contributed by atoms with E-state index in [-0.39, 0.29) is 22.8 Å². The number of methoxy groups -OCH3 is 1. The standard InChI is InChI=1S/C27H25N7O6S/c1-13-8-20(33-10-16(11-33)25(37)29-19-7-6-17(39-3)9-28-19)30-24-21(13)22(36)18(26(38)40-14(2)35)12-34(24)27-31-23(32-41-27)15-4-5-15/h6-9,12,15-16H,4-5,10-11H2,1-3H3,(H,28,29,37). The van der Waals surface area contributed by atoms with Crippen LogP contribution in [0, 0.1) is 12.8 Å². The maximum absolute atomic E-state index is 13.4. The molecule has 2 aliphatic rings. The van der Waals surface area contributed by atoms with Gasteiger partial charge in [0.05, 0.1) is 24.6 Å². The lowest BCUT2D eigenvalue weighted by Crippen LogP contribution is -2.52. The zero-order chi connectivity index (χ0) is 28.8. The lowest BCUT2D eigenvalue weighted by atomic mass is 9.98. The minimum absolute atomic E-state index is 0.163. The third kappa shape index (κ3) is 5.13. The van der Waals surface area contributed by atoms with Crippen molar-refractivity contribution in [2.75, 3.05) is 30.4 Å². The van der Waals surface area contributed by atoms with Gasteiger partial charge in [-0.2, -0.15) is 4.37 Å². The molecule has 1 aliphatic heterocycles. The number of carbonyl (C=O) groups is 3. The number of esters is 2. The molecule has 1 amide bonds. The Balaban J connectivity index is 1.32. The molecule has 0 radical (unpaired) electrons. The largest absolute Gasteiger partial charge is 0.495 e. The van der Waals surface area contributed by atoms with E-state index in [1.54, 1.807) is 36.8 Å². The van der Waals surface area contributed by atoms with Crippen LogP contribution in [0.5, 0.6) is 5.75 Å². The van der Waals surface area contributed by atoms with E-state index in [0.29, 0.717) is 58.6 Å². The SMILES string of the molecule is COc1ccc(NC(=O)C2CN(c3cc(C)c4c(=O)c(C(=O)OC(C)=O)cn(-c5nc(C6CC6)ns5)c4n3)C2)nc1. The van der Waals surface area contributed by atoms with Crippen LogP contribution < -0.4 is 20.4 Å². The van der Waals surface area contributed by atoms with E-state index in [4.69, 9.17) is 14.5 Å². The number of rotatable bonds is 7.